The van der Waals surface area contributed by atoms with Crippen LogP contribution in [0, 0.1) is 0 Å². The quantitative estimate of drug-likeness (QED) is 0.850. The molecule has 2 heterocycles. The van der Waals surface area contributed by atoms with Gasteiger partial charge in [0.2, 0.25) is 0 Å². The van der Waals surface area contributed by atoms with Crippen LogP contribution in [0.1, 0.15) is 17.3 Å². The van der Waals surface area contributed by atoms with E-state index in [1.807, 2.05) is 13.0 Å². The van der Waals surface area contributed by atoms with Gasteiger partial charge in [-0.25, -0.2) is 4.98 Å². The minimum Gasteiger partial charge on any atom is -0.354 e. The predicted octanol–water partition coefficient (Wildman–Crippen LogP) is 0.583. The number of aromatic nitrogens is 1. The average Bonchev–Trinajstić information content (AvgIpc) is 2.40. The molecule has 1 saturated heterocycles. The lowest BCUT2D eigenvalue weighted by atomic mass is 10.2. The van der Waals surface area contributed by atoms with Gasteiger partial charge in [-0.3, -0.25) is 4.79 Å². The monoisotopic (exact) mass is 248 g/mol. The number of nitrogens with one attached hydrogen (secondary N) is 1. The van der Waals surface area contributed by atoms with Crippen LogP contribution in [0.5, 0.6) is 0 Å². The van der Waals surface area contributed by atoms with Crippen LogP contribution in [0.2, 0.25) is 0 Å². The van der Waals surface area contributed by atoms with Crippen molar-refractivity contribution >= 4 is 11.7 Å². The van der Waals surface area contributed by atoms with Crippen LogP contribution in [0.15, 0.2) is 18.3 Å². The van der Waals surface area contributed by atoms with Gasteiger partial charge in [-0.1, -0.05) is 0 Å². The summed E-state index contributed by atoms with van der Waals surface area (Å²) >= 11 is 0. The predicted molar refractivity (Wildman–Crippen MR) is 72.0 cm³/mol. The highest BCUT2D eigenvalue weighted by Gasteiger charge is 2.16. The summed E-state index contributed by atoms with van der Waals surface area (Å²) < 4.78 is 0. The van der Waals surface area contributed by atoms with Gasteiger partial charge in [-0.2, -0.15) is 0 Å². The number of rotatable bonds is 3. The minimum absolute atomic E-state index is 0.0322. The van der Waals surface area contributed by atoms with Gasteiger partial charge in [0.25, 0.3) is 5.91 Å². The molecule has 0 atom stereocenters. The summed E-state index contributed by atoms with van der Waals surface area (Å²) in [6, 6.07) is 3.63. The van der Waals surface area contributed by atoms with Crippen LogP contribution in [-0.4, -0.2) is 55.6 Å². The van der Waals surface area contributed by atoms with Crippen molar-refractivity contribution < 1.29 is 4.79 Å². The molecule has 0 radical (unpaired) electrons. The van der Waals surface area contributed by atoms with Crippen LogP contribution in [0.25, 0.3) is 0 Å². The highest BCUT2D eigenvalue weighted by molar-refractivity contribution is 5.94. The second-order valence-corrected chi connectivity index (χ2v) is 4.55. The second-order valence-electron chi connectivity index (χ2n) is 4.55. The molecular formula is C13H20N4O. The van der Waals surface area contributed by atoms with E-state index in [1.165, 1.54) is 0 Å². The third-order valence-corrected chi connectivity index (χ3v) is 3.17. The van der Waals surface area contributed by atoms with Gasteiger partial charge >= 0.3 is 0 Å². The van der Waals surface area contributed by atoms with E-state index in [4.69, 9.17) is 0 Å². The van der Waals surface area contributed by atoms with Crippen molar-refractivity contribution in [3.8, 4) is 0 Å². The highest BCUT2D eigenvalue weighted by atomic mass is 16.1. The molecule has 0 spiro atoms. The molecule has 0 bridgehead atoms. The van der Waals surface area contributed by atoms with Gasteiger partial charge in [0, 0.05) is 44.5 Å². The number of likely N-dealkylation sites (N-methyl/N-ethyl adjacent to an activating group) is 1. The molecule has 2 rings (SSSR count). The third kappa shape index (κ3) is 2.98. The number of carbonyl (C=O) groups is 1. The second kappa shape index (κ2) is 5.82. The first kappa shape index (κ1) is 12.8. The minimum atomic E-state index is -0.0322. The van der Waals surface area contributed by atoms with Crippen LogP contribution >= 0.6 is 0 Å². The van der Waals surface area contributed by atoms with E-state index in [0.29, 0.717) is 12.1 Å². The highest BCUT2D eigenvalue weighted by Crippen LogP contribution is 2.14. The molecule has 98 valence electrons. The molecule has 0 aliphatic carbocycles. The number of pyridine rings is 1. The Kier molecular flexibility index (Phi) is 4.15. The fourth-order valence-electron chi connectivity index (χ4n) is 2.03. The van der Waals surface area contributed by atoms with Crippen LogP contribution in [-0.2, 0) is 0 Å². The van der Waals surface area contributed by atoms with Crippen molar-refractivity contribution in [3.63, 3.8) is 0 Å². The van der Waals surface area contributed by atoms with Gasteiger partial charge in [0.15, 0.2) is 0 Å². The summed E-state index contributed by atoms with van der Waals surface area (Å²) in [5.41, 5.74) is 0.681. The molecule has 1 N–H and O–H groups in total. The lowest BCUT2D eigenvalue weighted by molar-refractivity contribution is 0.0955. The summed E-state index contributed by atoms with van der Waals surface area (Å²) in [6.07, 6.45) is 1.71. The Morgan fingerprint density at radius 1 is 1.39 bits per heavy atom. The lowest BCUT2D eigenvalue weighted by Gasteiger charge is -2.33. The molecule has 1 aromatic heterocycles. The van der Waals surface area contributed by atoms with E-state index < -0.39 is 0 Å². The Morgan fingerprint density at radius 2 is 2.11 bits per heavy atom. The van der Waals surface area contributed by atoms with Gasteiger partial charge in [-0.15, -0.1) is 0 Å². The number of hydrogen-bond donors (Lipinski definition) is 1. The van der Waals surface area contributed by atoms with Crippen LogP contribution in [0.4, 0.5) is 5.82 Å². The zero-order chi connectivity index (χ0) is 13.0. The molecule has 1 aliphatic rings. The summed E-state index contributed by atoms with van der Waals surface area (Å²) in [7, 11) is 2.12. The van der Waals surface area contributed by atoms with Crippen molar-refractivity contribution in [3.05, 3.63) is 23.9 Å². The molecule has 0 unspecified atom stereocenters. The number of hydrogen-bond acceptors (Lipinski definition) is 4. The standard InChI is InChI=1S/C13H20N4O/c1-3-14-13(18)11-4-5-15-12(10-11)17-8-6-16(2)7-9-17/h4-5,10H,3,6-9H2,1-2H3,(H,14,18). The molecule has 0 saturated carbocycles. The first-order valence-corrected chi connectivity index (χ1v) is 6.38. The normalized spacial score (nSPS) is 16.7. The SMILES string of the molecule is CCNC(=O)c1ccnc(N2CCN(C)CC2)c1. The molecule has 18 heavy (non-hydrogen) atoms. The maximum atomic E-state index is 11.8. The lowest BCUT2D eigenvalue weighted by Crippen LogP contribution is -2.44. The zero-order valence-electron chi connectivity index (χ0n) is 11.0. The number of amides is 1. The summed E-state index contributed by atoms with van der Waals surface area (Å²) in [6.45, 7) is 6.55. The molecular weight excluding hydrogens is 228 g/mol. The summed E-state index contributed by atoms with van der Waals surface area (Å²) in [4.78, 5) is 20.6. The van der Waals surface area contributed by atoms with Gasteiger partial charge in [0.05, 0.1) is 0 Å². The van der Waals surface area contributed by atoms with E-state index in [2.05, 4.69) is 27.1 Å². The molecule has 1 amide bonds. The van der Waals surface area contributed by atoms with Crippen molar-refractivity contribution in [1.29, 1.82) is 0 Å². The molecule has 5 nitrogen and oxygen atoms in total. The Hall–Kier alpha value is -1.62. The first-order valence-electron chi connectivity index (χ1n) is 6.38. The van der Waals surface area contributed by atoms with E-state index in [-0.39, 0.29) is 5.91 Å². The maximum absolute atomic E-state index is 11.8. The Labute approximate surface area is 108 Å². The third-order valence-electron chi connectivity index (χ3n) is 3.17. The van der Waals surface area contributed by atoms with Crippen molar-refractivity contribution in [1.82, 2.24) is 15.2 Å². The molecule has 5 heteroatoms. The van der Waals surface area contributed by atoms with Crippen LogP contribution in [0.3, 0.4) is 0 Å². The van der Waals surface area contributed by atoms with Crippen LogP contribution < -0.4 is 10.2 Å². The van der Waals surface area contributed by atoms with Gasteiger partial charge < -0.3 is 15.1 Å². The maximum Gasteiger partial charge on any atom is 0.251 e. The summed E-state index contributed by atoms with van der Waals surface area (Å²) in [5, 5.41) is 2.81. The molecule has 1 aromatic rings. The molecule has 1 fully saturated rings. The number of nitrogens with zero attached hydrogens (tertiary/aromatic N) is 3. The Balaban J connectivity index is 2.09. The topological polar surface area (TPSA) is 48.5 Å². The van der Waals surface area contributed by atoms with Crippen molar-refractivity contribution in [2.45, 2.75) is 6.92 Å². The van der Waals surface area contributed by atoms with E-state index >= 15 is 0 Å². The number of carbonyl (C=O) groups excluding carboxylic acids is 1. The molecule has 0 aromatic carbocycles. The summed E-state index contributed by atoms with van der Waals surface area (Å²) in [5.74, 6) is 0.863. The smallest absolute Gasteiger partial charge is 0.251 e. The van der Waals surface area contributed by atoms with Crippen molar-refractivity contribution in [2.75, 3.05) is 44.7 Å². The first-order chi connectivity index (χ1) is 8.70. The van der Waals surface area contributed by atoms with E-state index in [1.54, 1.807) is 12.3 Å². The Morgan fingerprint density at radius 3 is 2.78 bits per heavy atom. The number of anilines is 1. The zero-order valence-corrected chi connectivity index (χ0v) is 11.0. The van der Waals surface area contributed by atoms with Crippen molar-refractivity contribution in [2.24, 2.45) is 0 Å². The largest absolute Gasteiger partial charge is 0.354 e. The van der Waals surface area contributed by atoms with E-state index in [0.717, 1.165) is 32.0 Å². The van der Waals surface area contributed by atoms with E-state index in [9.17, 15) is 4.79 Å². The van der Waals surface area contributed by atoms with Gasteiger partial charge in [-0.05, 0) is 26.1 Å². The Bertz CT molecular complexity index is 413. The van der Waals surface area contributed by atoms with Gasteiger partial charge in [0.1, 0.15) is 5.82 Å². The average molecular weight is 248 g/mol. The fraction of sp³-hybridized carbons (Fsp3) is 0.538. The fourth-order valence-corrected chi connectivity index (χ4v) is 2.03. The number of piperazine rings is 1. The molecule has 1 aliphatic heterocycles.